The Hall–Kier alpha value is -3.85. The highest BCUT2D eigenvalue weighted by Crippen LogP contribution is 2.25. The zero-order chi connectivity index (χ0) is 22.3. The zero-order valence-electron chi connectivity index (χ0n) is 17.2. The number of nitrogens with one attached hydrogen (secondary N) is 1. The van der Waals surface area contributed by atoms with Gasteiger partial charge in [-0.3, -0.25) is 14.6 Å². The van der Waals surface area contributed by atoms with Crippen LogP contribution in [-0.2, 0) is 23.3 Å². The van der Waals surface area contributed by atoms with E-state index in [-0.39, 0.29) is 15.6 Å². The van der Waals surface area contributed by atoms with E-state index in [0.717, 1.165) is 21.9 Å². The molecule has 1 N–H and O–H groups in total. The Morgan fingerprint density at radius 3 is 2.56 bits per heavy atom. The fraction of sp³-hybridized carbons (Fsp3) is 0.130. The molecule has 0 fully saturated rings. The van der Waals surface area contributed by atoms with Gasteiger partial charge in [0.05, 0.1) is 27.7 Å². The van der Waals surface area contributed by atoms with Gasteiger partial charge in [0.25, 0.3) is 0 Å². The molecule has 0 saturated heterocycles. The van der Waals surface area contributed by atoms with Crippen LogP contribution in [0, 0.1) is 0 Å². The highest BCUT2D eigenvalue weighted by atomic mass is 32.2. The number of rotatable bonds is 6. The van der Waals surface area contributed by atoms with Gasteiger partial charge >= 0.3 is 0 Å². The molecule has 0 unspecified atom stereocenters. The zero-order valence-corrected chi connectivity index (χ0v) is 18.0. The van der Waals surface area contributed by atoms with E-state index in [4.69, 9.17) is 0 Å². The van der Waals surface area contributed by atoms with Gasteiger partial charge in [-0.1, -0.05) is 12.1 Å². The maximum Gasteiger partial charge on any atom is 0.206 e. The average Bonchev–Trinajstić information content (AvgIpc) is 3.43. The number of carbonyl (C=O) groups excluding carboxylic acids is 1. The number of carbonyl (C=O) groups is 1. The predicted molar refractivity (Wildman–Crippen MR) is 119 cm³/mol. The largest absolute Gasteiger partial charge is 0.294 e. The van der Waals surface area contributed by atoms with Gasteiger partial charge in [0.1, 0.15) is 0 Å². The number of pyridine rings is 1. The topological polar surface area (TPSA) is 111 Å². The standard InChI is InChI=1S/C23H19N5O3S/c1-28-21-8-7-20(11-16(21)14-26-28)32(30,31)19-5-2-15(3-6-19)4-9-22(29)17-10-18-13-25-27-23(18)24-12-17/h2-3,5-8,10-14H,4,9H2,1H3,(H,24,25,27). The lowest BCUT2D eigenvalue weighted by Crippen LogP contribution is -2.04. The van der Waals surface area contributed by atoms with Crippen molar-refractivity contribution >= 4 is 37.6 Å². The Bertz CT molecular complexity index is 1570. The monoisotopic (exact) mass is 445 g/mol. The summed E-state index contributed by atoms with van der Waals surface area (Å²) in [7, 11) is -1.84. The molecule has 9 heteroatoms. The summed E-state index contributed by atoms with van der Waals surface area (Å²) in [5.74, 6) is -0.0259. The van der Waals surface area contributed by atoms with Crippen LogP contribution in [0.2, 0.25) is 0 Å². The normalized spacial score (nSPS) is 11.9. The number of nitrogens with zero attached hydrogens (tertiary/aromatic N) is 4. The molecule has 8 nitrogen and oxygen atoms in total. The summed E-state index contributed by atoms with van der Waals surface area (Å²) in [5, 5.41) is 12.4. The van der Waals surface area contributed by atoms with Crippen LogP contribution in [0.5, 0.6) is 0 Å². The SMILES string of the molecule is Cn1ncc2cc(S(=O)(=O)c3ccc(CCC(=O)c4cnc5[nH]ncc5c4)cc3)ccc21. The molecule has 5 aromatic rings. The molecule has 0 bridgehead atoms. The van der Waals surface area contributed by atoms with E-state index in [0.29, 0.717) is 24.1 Å². The first kappa shape index (κ1) is 20.1. The summed E-state index contributed by atoms with van der Waals surface area (Å²) in [6.07, 6.45) is 5.62. The first-order valence-corrected chi connectivity index (χ1v) is 11.5. The van der Waals surface area contributed by atoms with E-state index in [1.807, 2.05) is 7.05 Å². The first-order chi connectivity index (χ1) is 15.4. The fourth-order valence-electron chi connectivity index (χ4n) is 3.67. The lowest BCUT2D eigenvalue weighted by Gasteiger charge is -2.07. The molecule has 0 atom stereocenters. The van der Waals surface area contributed by atoms with Crippen molar-refractivity contribution < 1.29 is 13.2 Å². The van der Waals surface area contributed by atoms with Gasteiger partial charge < -0.3 is 0 Å². The number of ketones is 1. The molecule has 0 radical (unpaired) electrons. The number of H-pyrrole nitrogens is 1. The molecule has 0 aliphatic heterocycles. The summed E-state index contributed by atoms with van der Waals surface area (Å²) in [6.45, 7) is 0. The molecular weight excluding hydrogens is 426 g/mol. The van der Waals surface area contributed by atoms with Crippen LogP contribution in [-0.4, -0.2) is 39.2 Å². The number of aromatic nitrogens is 5. The Morgan fingerprint density at radius 1 is 0.969 bits per heavy atom. The van der Waals surface area contributed by atoms with Gasteiger partial charge in [-0.25, -0.2) is 13.4 Å². The molecule has 5 rings (SSSR count). The molecule has 3 aromatic heterocycles. The quantitative estimate of drug-likeness (QED) is 0.401. The first-order valence-electron chi connectivity index (χ1n) is 10.00. The van der Waals surface area contributed by atoms with Crippen LogP contribution < -0.4 is 0 Å². The average molecular weight is 446 g/mol. The van der Waals surface area contributed by atoms with Crippen LogP contribution in [0.25, 0.3) is 21.9 Å². The summed E-state index contributed by atoms with van der Waals surface area (Å²) in [4.78, 5) is 17.2. The molecular formula is C23H19N5O3S. The number of hydrogen-bond acceptors (Lipinski definition) is 6. The number of aryl methyl sites for hydroxylation is 2. The van der Waals surface area contributed by atoms with Crippen molar-refractivity contribution in [3.63, 3.8) is 0 Å². The van der Waals surface area contributed by atoms with Crippen molar-refractivity contribution in [3.8, 4) is 0 Å². The number of fused-ring (bicyclic) bond motifs is 2. The van der Waals surface area contributed by atoms with E-state index in [2.05, 4.69) is 20.3 Å². The lowest BCUT2D eigenvalue weighted by atomic mass is 10.0. The van der Waals surface area contributed by atoms with Crippen molar-refractivity contribution in [1.82, 2.24) is 25.0 Å². The smallest absolute Gasteiger partial charge is 0.206 e. The molecule has 2 aromatic carbocycles. The Balaban J connectivity index is 1.31. The summed E-state index contributed by atoms with van der Waals surface area (Å²) < 4.78 is 27.8. The molecule has 32 heavy (non-hydrogen) atoms. The molecule has 0 amide bonds. The van der Waals surface area contributed by atoms with Gasteiger partial charge in [-0.05, 0) is 48.4 Å². The van der Waals surface area contributed by atoms with Crippen LogP contribution in [0.4, 0.5) is 0 Å². The van der Waals surface area contributed by atoms with Crippen molar-refractivity contribution in [2.24, 2.45) is 7.05 Å². The number of benzene rings is 2. The van der Waals surface area contributed by atoms with Gasteiger partial charge in [0.2, 0.25) is 9.84 Å². The maximum absolute atomic E-state index is 13.0. The minimum Gasteiger partial charge on any atom is -0.294 e. The van der Waals surface area contributed by atoms with E-state index < -0.39 is 9.84 Å². The van der Waals surface area contributed by atoms with Crippen LogP contribution in [0.3, 0.4) is 0 Å². The second-order valence-electron chi connectivity index (χ2n) is 7.59. The molecule has 0 spiro atoms. The van der Waals surface area contributed by atoms with E-state index in [1.54, 1.807) is 65.6 Å². The number of Topliss-reactive ketones (excluding diaryl/α,β-unsaturated/α-hetero) is 1. The van der Waals surface area contributed by atoms with E-state index in [9.17, 15) is 13.2 Å². The van der Waals surface area contributed by atoms with Gasteiger partial charge in [-0.2, -0.15) is 10.2 Å². The molecule has 160 valence electrons. The fourth-order valence-corrected chi connectivity index (χ4v) is 4.97. The molecule has 0 aliphatic carbocycles. The summed E-state index contributed by atoms with van der Waals surface area (Å²) in [5.41, 5.74) is 2.92. The second kappa shape index (κ2) is 7.69. The van der Waals surface area contributed by atoms with Crippen LogP contribution in [0.1, 0.15) is 22.3 Å². The van der Waals surface area contributed by atoms with Crippen molar-refractivity contribution in [2.75, 3.05) is 0 Å². The third-order valence-electron chi connectivity index (χ3n) is 5.52. The van der Waals surface area contributed by atoms with Gasteiger partial charge in [0, 0.05) is 36.0 Å². The number of sulfone groups is 1. The Labute approximate surface area is 183 Å². The van der Waals surface area contributed by atoms with Crippen LogP contribution >= 0.6 is 0 Å². The third-order valence-corrected chi connectivity index (χ3v) is 7.28. The summed E-state index contributed by atoms with van der Waals surface area (Å²) >= 11 is 0. The third kappa shape index (κ3) is 3.56. The second-order valence-corrected chi connectivity index (χ2v) is 9.54. The predicted octanol–water partition coefficient (Wildman–Crippen LogP) is 3.49. The van der Waals surface area contributed by atoms with Crippen molar-refractivity contribution in [2.45, 2.75) is 22.6 Å². The Kier molecular flexibility index (Phi) is 4.82. The number of hydrogen-bond donors (Lipinski definition) is 1. The maximum atomic E-state index is 13.0. The van der Waals surface area contributed by atoms with Crippen molar-refractivity contribution in [3.05, 3.63) is 78.2 Å². The van der Waals surface area contributed by atoms with Gasteiger partial charge in [-0.15, -0.1) is 0 Å². The Morgan fingerprint density at radius 2 is 1.75 bits per heavy atom. The number of aromatic amines is 1. The molecule has 0 aliphatic rings. The lowest BCUT2D eigenvalue weighted by molar-refractivity contribution is 0.0982. The summed E-state index contributed by atoms with van der Waals surface area (Å²) in [6, 6.07) is 13.4. The van der Waals surface area contributed by atoms with E-state index >= 15 is 0 Å². The van der Waals surface area contributed by atoms with Crippen molar-refractivity contribution in [1.29, 1.82) is 0 Å². The minimum atomic E-state index is -3.65. The highest BCUT2D eigenvalue weighted by molar-refractivity contribution is 7.91. The van der Waals surface area contributed by atoms with Crippen LogP contribution in [0.15, 0.2) is 76.9 Å². The molecule has 3 heterocycles. The highest BCUT2D eigenvalue weighted by Gasteiger charge is 2.19. The van der Waals surface area contributed by atoms with Gasteiger partial charge in [0.15, 0.2) is 11.4 Å². The molecule has 0 saturated carbocycles. The minimum absolute atomic E-state index is 0.0259. The van der Waals surface area contributed by atoms with E-state index in [1.165, 1.54) is 6.20 Å².